The number of carbonyl (C=O) groups excluding carboxylic acids is 1. The average molecular weight is 304 g/mol. The molecular weight excluding hydrogens is 280 g/mol. The highest BCUT2D eigenvalue weighted by Crippen LogP contribution is 2.09. The zero-order valence-electron chi connectivity index (χ0n) is 12.4. The molecule has 4 N–H and O–H groups in total. The van der Waals surface area contributed by atoms with Gasteiger partial charge in [0.25, 0.3) is 0 Å². The molecule has 1 atom stereocenters. The molecule has 8 heteroatoms. The summed E-state index contributed by atoms with van der Waals surface area (Å²) in [5.41, 5.74) is 0. The molecule has 0 fully saturated rings. The predicted molar refractivity (Wildman–Crippen MR) is 75.0 cm³/mol. The number of carboxylic acid groups (broad SMARTS) is 2. The molecule has 0 saturated heterocycles. The van der Waals surface area contributed by atoms with Gasteiger partial charge in [-0.1, -0.05) is 13.8 Å². The molecule has 0 aromatic carbocycles. The maximum Gasteiger partial charge on any atom is 0.326 e. The zero-order valence-corrected chi connectivity index (χ0v) is 12.4. The van der Waals surface area contributed by atoms with Crippen molar-refractivity contribution in [3.05, 3.63) is 0 Å². The molecule has 0 bridgehead atoms. The number of aliphatic carboxylic acids is 2. The van der Waals surface area contributed by atoms with Crippen LogP contribution in [0.5, 0.6) is 0 Å². The lowest BCUT2D eigenvalue weighted by Crippen LogP contribution is -2.52. The van der Waals surface area contributed by atoms with Crippen LogP contribution in [0, 0.1) is 0 Å². The first kappa shape index (κ1) is 19.2. The van der Waals surface area contributed by atoms with E-state index in [1.165, 1.54) is 4.90 Å². The summed E-state index contributed by atoms with van der Waals surface area (Å²) in [7, 11) is 0. The summed E-state index contributed by atoms with van der Waals surface area (Å²) in [5.74, 6) is -2.40. The van der Waals surface area contributed by atoms with Crippen molar-refractivity contribution in [1.82, 2.24) is 10.2 Å². The van der Waals surface area contributed by atoms with E-state index < -0.39 is 24.0 Å². The van der Waals surface area contributed by atoms with E-state index in [4.69, 9.17) is 15.3 Å². The van der Waals surface area contributed by atoms with Crippen LogP contribution in [-0.4, -0.2) is 63.4 Å². The van der Waals surface area contributed by atoms with Crippen LogP contribution in [0.15, 0.2) is 0 Å². The molecule has 8 nitrogen and oxygen atoms in total. The molecule has 21 heavy (non-hydrogen) atoms. The largest absolute Gasteiger partial charge is 0.481 e. The minimum absolute atomic E-state index is 0.101. The lowest BCUT2D eigenvalue weighted by molar-refractivity contribution is -0.140. The van der Waals surface area contributed by atoms with Gasteiger partial charge in [0.15, 0.2) is 0 Å². The number of nitrogens with zero attached hydrogens (tertiary/aromatic N) is 1. The zero-order chi connectivity index (χ0) is 16.4. The molecule has 0 saturated carbocycles. The molecule has 0 aliphatic carbocycles. The van der Waals surface area contributed by atoms with Crippen molar-refractivity contribution in [3.63, 3.8) is 0 Å². The second-order valence-electron chi connectivity index (χ2n) is 4.66. The minimum Gasteiger partial charge on any atom is -0.481 e. The van der Waals surface area contributed by atoms with Crippen molar-refractivity contribution in [3.8, 4) is 0 Å². The first-order chi connectivity index (χ1) is 9.87. The van der Waals surface area contributed by atoms with Crippen molar-refractivity contribution in [2.24, 2.45) is 0 Å². The van der Waals surface area contributed by atoms with Crippen molar-refractivity contribution in [2.75, 3.05) is 13.2 Å². The molecule has 0 radical (unpaired) electrons. The van der Waals surface area contributed by atoms with Crippen LogP contribution >= 0.6 is 0 Å². The first-order valence-corrected chi connectivity index (χ1v) is 6.99. The summed E-state index contributed by atoms with van der Waals surface area (Å²) in [6.07, 6.45) is 0.822. The third-order valence-electron chi connectivity index (χ3n) is 3.23. The van der Waals surface area contributed by atoms with E-state index in [0.717, 1.165) is 0 Å². The third kappa shape index (κ3) is 6.94. The quantitative estimate of drug-likeness (QED) is 0.465. The Balaban J connectivity index is 4.81. The van der Waals surface area contributed by atoms with Gasteiger partial charge in [0.1, 0.15) is 6.04 Å². The van der Waals surface area contributed by atoms with Crippen molar-refractivity contribution in [2.45, 2.75) is 51.6 Å². The molecule has 0 rings (SSSR count). The normalized spacial score (nSPS) is 12.0. The Labute approximate surface area is 123 Å². The molecule has 2 amide bonds. The van der Waals surface area contributed by atoms with Crippen LogP contribution in [0.1, 0.15) is 39.5 Å². The van der Waals surface area contributed by atoms with Gasteiger partial charge >= 0.3 is 18.0 Å². The van der Waals surface area contributed by atoms with E-state index >= 15 is 0 Å². The number of carbonyl (C=O) groups is 3. The van der Waals surface area contributed by atoms with Gasteiger partial charge in [0.2, 0.25) is 0 Å². The summed E-state index contributed by atoms with van der Waals surface area (Å²) in [6, 6.07) is -1.97. The molecule has 0 heterocycles. The number of rotatable bonds is 10. The van der Waals surface area contributed by atoms with Crippen molar-refractivity contribution < 1.29 is 29.7 Å². The maximum atomic E-state index is 12.1. The van der Waals surface area contributed by atoms with E-state index in [1.807, 2.05) is 13.8 Å². The predicted octanol–water partition coefficient (Wildman–Crippen LogP) is 0.497. The smallest absolute Gasteiger partial charge is 0.326 e. The highest BCUT2D eigenvalue weighted by atomic mass is 16.4. The van der Waals surface area contributed by atoms with Crippen LogP contribution in [0.3, 0.4) is 0 Å². The second-order valence-corrected chi connectivity index (χ2v) is 4.66. The van der Waals surface area contributed by atoms with Gasteiger partial charge in [-0.25, -0.2) is 9.59 Å². The van der Waals surface area contributed by atoms with E-state index in [9.17, 15) is 14.4 Å². The summed E-state index contributed by atoms with van der Waals surface area (Å²) in [5, 5.41) is 29.0. The monoisotopic (exact) mass is 304 g/mol. The Morgan fingerprint density at radius 2 is 1.71 bits per heavy atom. The molecule has 0 aromatic rings. The number of aliphatic hydroxyl groups is 1. The second kappa shape index (κ2) is 9.98. The Bertz CT molecular complexity index is 357. The SMILES string of the molecule is CCC(CC)N(CCO)C(=O)NC(CCC(=O)O)C(=O)O. The van der Waals surface area contributed by atoms with Gasteiger partial charge in [-0.2, -0.15) is 0 Å². The van der Waals surface area contributed by atoms with Gasteiger partial charge in [0, 0.05) is 19.0 Å². The highest BCUT2D eigenvalue weighted by molar-refractivity contribution is 5.83. The Hall–Kier alpha value is -1.83. The van der Waals surface area contributed by atoms with E-state index in [2.05, 4.69) is 5.32 Å². The van der Waals surface area contributed by atoms with Crippen LogP contribution in [0.2, 0.25) is 0 Å². The molecule has 0 aliphatic heterocycles. The Morgan fingerprint density at radius 1 is 1.14 bits per heavy atom. The van der Waals surface area contributed by atoms with Crippen LogP contribution < -0.4 is 5.32 Å². The minimum atomic E-state index is -1.28. The Kier molecular flexibility index (Phi) is 9.11. The standard InChI is InChI=1S/C13H24N2O6/c1-3-9(4-2)15(7-8-16)13(21)14-10(12(19)20)5-6-11(17)18/h9-10,16H,3-8H2,1-2H3,(H,14,21)(H,17,18)(H,19,20). The van der Waals surface area contributed by atoms with Crippen molar-refractivity contribution >= 4 is 18.0 Å². The summed E-state index contributed by atoms with van der Waals surface area (Å²) in [4.78, 5) is 35.1. The number of carboxylic acids is 2. The van der Waals surface area contributed by atoms with Crippen LogP contribution in [-0.2, 0) is 9.59 Å². The first-order valence-electron chi connectivity index (χ1n) is 6.99. The molecule has 1 unspecified atom stereocenters. The lowest BCUT2D eigenvalue weighted by Gasteiger charge is -2.31. The molecule has 122 valence electrons. The summed E-state index contributed by atoms with van der Waals surface area (Å²) >= 11 is 0. The molecule has 0 aromatic heterocycles. The summed E-state index contributed by atoms with van der Waals surface area (Å²) in [6.45, 7) is 3.66. The fourth-order valence-electron chi connectivity index (χ4n) is 2.04. The fraction of sp³-hybridized carbons (Fsp3) is 0.769. The fourth-order valence-corrected chi connectivity index (χ4v) is 2.04. The van der Waals surface area contributed by atoms with E-state index in [1.54, 1.807) is 0 Å². The average Bonchev–Trinajstić information content (AvgIpc) is 2.42. The van der Waals surface area contributed by atoms with Crippen LogP contribution in [0.25, 0.3) is 0 Å². The number of aliphatic hydroxyl groups excluding tert-OH is 1. The lowest BCUT2D eigenvalue weighted by atomic mass is 10.1. The topological polar surface area (TPSA) is 127 Å². The highest BCUT2D eigenvalue weighted by Gasteiger charge is 2.26. The van der Waals surface area contributed by atoms with Gasteiger partial charge in [-0.3, -0.25) is 4.79 Å². The van der Waals surface area contributed by atoms with Crippen LogP contribution in [0.4, 0.5) is 4.79 Å². The molecule has 0 aliphatic rings. The molecular formula is C13H24N2O6. The van der Waals surface area contributed by atoms with Gasteiger partial charge in [-0.15, -0.1) is 0 Å². The number of urea groups is 1. The van der Waals surface area contributed by atoms with Gasteiger partial charge in [0.05, 0.1) is 6.61 Å². The van der Waals surface area contributed by atoms with Crippen molar-refractivity contribution in [1.29, 1.82) is 0 Å². The summed E-state index contributed by atoms with van der Waals surface area (Å²) < 4.78 is 0. The maximum absolute atomic E-state index is 12.1. The van der Waals surface area contributed by atoms with E-state index in [-0.39, 0.29) is 32.0 Å². The Morgan fingerprint density at radius 3 is 2.10 bits per heavy atom. The molecule has 0 spiro atoms. The van der Waals surface area contributed by atoms with Gasteiger partial charge in [-0.05, 0) is 19.3 Å². The number of nitrogens with one attached hydrogen (secondary N) is 1. The van der Waals surface area contributed by atoms with Gasteiger partial charge < -0.3 is 25.5 Å². The van der Waals surface area contributed by atoms with E-state index in [0.29, 0.717) is 12.8 Å². The number of hydrogen-bond acceptors (Lipinski definition) is 4. The third-order valence-corrected chi connectivity index (χ3v) is 3.23. The number of hydrogen-bond donors (Lipinski definition) is 4. The number of amides is 2.